The van der Waals surface area contributed by atoms with Crippen LogP contribution in [0, 0.1) is 6.92 Å². The Morgan fingerprint density at radius 2 is 2.04 bits per heavy atom. The van der Waals surface area contributed by atoms with Gasteiger partial charge in [-0.1, -0.05) is 6.07 Å². The summed E-state index contributed by atoms with van der Waals surface area (Å²) >= 11 is 1.69. The van der Waals surface area contributed by atoms with Gasteiger partial charge in [0.15, 0.2) is 17.5 Å². The molecule has 0 spiro atoms. The van der Waals surface area contributed by atoms with Crippen molar-refractivity contribution < 1.29 is 9.47 Å². The number of hydrogen-bond acceptors (Lipinski definition) is 5. The maximum atomic E-state index is 5.75. The summed E-state index contributed by atoms with van der Waals surface area (Å²) < 4.78 is 11.4. The van der Waals surface area contributed by atoms with Gasteiger partial charge in [-0.15, -0.1) is 35.3 Å². The van der Waals surface area contributed by atoms with E-state index < -0.39 is 0 Å². The van der Waals surface area contributed by atoms with E-state index in [-0.39, 0.29) is 24.0 Å². The van der Waals surface area contributed by atoms with Crippen molar-refractivity contribution in [1.29, 1.82) is 0 Å². The molecule has 0 unspecified atom stereocenters. The number of aliphatic imine (C=N–C) groups is 1. The Kier molecular flexibility index (Phi) is 9.12. The number of ether oxygens (including phenoxy) is 2. The van der Waals surface area contributed by atoms with Crippen LogP contribution in [0.4, 0.5) is 0 Å². The number of hydrogen-bond donors (Lipinski definition) is 2. The second-order valence-electron chi connectivity index (χ2n) is 6.06. The zero-order valence-corrected chi connectivity index (χ0v) is 18.9. The maximum Gasteiger partial charge on any atom is 0.191 e. The van der Waals surface area contributed by atoms with Gasteiger partial charge < -0.3 is 20.1 Å². The molecule has 8 heteroatoms. The molecular weight excluding hydrogens is 475 g/mol. The molecule has 1 aliphatic heterocycles. The summed E-state index contributed by atoms with van der Waals surface area (Å²) in [6, 6.07) is 6.03. The molecule has 3 rings (SSSR count). The molecule has 1 aliphatic rings. The normalized spacial score (nSPS) is 13.5. The highest BCUT2D eigenvalue weighted by Gasteiger charge is 2.10. The monoisotopic (exact) mass is 502 g/mol. The summed E-state index contributed by atoms with van der Waals surface area (Å²) in [6.45, 7) is 7.70. The Bertz CT molecular complexity index is 751. The molecule has 0 saturated heterocycles. The average molecular weight is 502 g/mol. The van der Waals surface area contributed by atoms with E-state index in [2.05, 4.69) is 32.9 Å². The number of thiazole rings is 1. The third-order valence-electron chi connectivity index (χ3n) is 3.92. The first kappa shape index (κ1) is 21.7. The number of guanidine groups is 1. The van der Waals surface area contributed by atoms with E-state index in [0.29, 0.717) is 19.8 Å². The predicted molar refractivity (Wildman–Crippen MR) is 121 cm³/mol. The number of aromatic nitrogens is 1. The van der Waals surface area contributed by atoms with E-state index >= 15 is 0 Å². The zero-order chi connectivity index (χ0) is 18.2. The Morgan fingerprint density at radius 3 is 2.78 bits per heavy atom. The lowest BCUT2D eigenvalue weighted by Gasteiger charge is -2.11. The molecule has 0 amide bonds. The second-order valence-corrected chi connectivity index (χ2v) is 7.12. The van der Waals surface area contributed by atoms with Gasteiger partial charge in [0.25, 0.3) is 0 Å². The molecule has 6 nitrogen and oxygen atoms in total. The highest BCUT2D eigenvalue weighted by Crippen LogP contribution is 2.30. The molecule has 0 radical (unpaired) electrons. The Labute approximate surface area is 181 Å². The van der Waals surface area contributed by atoms with E-state index in [9.17, 15) is 0 Å². The first-order chi connectivity index (χ1) is 12.7. The van der Waals surface area contributed by atoms with Crippen LogP contribution >= 0.6 is 35.3 Å². The van der Waals surface area contributed by atoms with Crippen LogP contribution in [0.15, 0.2) is 28.6 Å². The van der Waals surface area contributed by atoms with Crippen molar-refractivity contribution in [2.45, 2.75) is 33.2 Å². The van der Waals surface area contributed by atoms with Crippen LogP contribution in [0.3, 0.4) is 0 Å². The lowest BCUT2D eigenvalue weighted by atomic mass is 10.2. The molecule has 27 heavy (non-hydrogen) atoms. The molecule has 0 saturated carbocycles. The summed E-state index contributed by atoms with van der Waals surface area (Å²) in [7, 11) is 0. The Balaban J connectivity index is 0.00000261. The topological polar surface area (TPSA) is 67.8 Å². The van der Waals surface area contributed by atoms with Crippen LogP contribution in [0.25, 0.3) is 0 Å². The number of nitrogens with one attached hydrogen (secondary N) is 2. The van der Waals surface area contributed by atoms with Crippen LogP contribution in [-0.2, 0) is 13.0 Å². The maximum absolute atomic E-state index is 5.75. The first-order valence-corrected chi connectivity index (χ1v) is 9.94. The minimum Gasteiger partial charge on any atom is -0.490 e. The largest absolute Gasteiger partial charge is 0.490 e. The van der Waals surface area contributed by atoms with Gasteiger partial charge in [0.2, 0.25) is 0 Å². The lowest BCUT2D eigenvalue weighted by molar-refractivity contribution is 0.297. The second kappa shape index (κ2) is 11.3. The van der Waals surface area contributed by atoms with Crippen LogP contribution in [0.5, 0.6) is 11.5 Å². The van der Waals surface area contributed by atoms with E-state index in [4.69, 9.17) is 9.47 Å². The van der Waals surface area contributed by atoms with Crippen LogP contribution < -0.4 is 20.1 Å². The van der Waals surface area contributed by atoms with Crippen molar-refractivity contribution >= 4 is 41.3 Å². The molecule has 0 fully saturated rings. The van der Waals surface area contributed by atoms with Crippen LogP contribution in [0.2, 0.25) is 0 Å². The van der Waals surface area contributed by atoms with E-state index in [0.717, 1.165) is 59.7 Å². The Hall–Kier alpha value is -1.55. The number of benzene rings is 1. The molecule has 148 valence electrons. The van der Waals surface area contributed by atoms with Crippen molar-refractivity contribution in [3.8, 4) is 11.5 Å². The molecule has 1 aromatic heterocycles. The molecule has 2 heterocycles. The highest BCUT2D eigenvalue weighted by atomic mass is 127. The van der Waals surface area contributed by atoms with E-state index in [1.165, 1.54) is 0 Å². The number of fused-ring (bicyclic) bond motifs is 1. The summed E-state index contributed by atoms with van der Waals surface area (Å²) in [5, 5.41) is 9.87. The van der Waals surface area contributed by atoms with Crippen LogP contribution in [0.1, 0.15) is 29.6 Å². The zero-order valence-electron chi connectivity index (χ0n) is 15.8. The summed E-state index contributed by atoms with van der Waals surface area (Å²) in [5.74, 6) is 2.44. The third kappa shape index (κ3) is 6.84. The van der Waals surface area contributed by atoms with Gasteiger partial charge in [-0.05, 0) is 31.5 Å². The molecule has 2 aromatic rings. The van der Waals surface area contributed by atoms with Gasteiger partial charge in [0.1, 0.15) is 0 Å². The number of halogens is 1. The van der Waals surface area contributed by atoms with E-state index in [1.807, 2.05) is 25.1 Å². The van der Waals surface area contributed by atoms with Gasteiger partial charge in [0.05, 0.1) is 30.5 Å². The lowest BCUT2D eigenvalue weighted by Crippen LogP contribution is -2.38. The SMILES string of the molecule is CCNC(=NCc1ccc2c(c1)OCCCO2)NCCc1csc(C)n1.I. The molecule has 0 bridgehead atoms. The molecule has 2 N–H and O–H groups in total. The van der Waals surface area contributed by atoms with Crippen molar-refractivity contribution in [2.24, 2.45) is 4.99 Å². The first-order valence-electron chi connectivity index (χ1n) is 9.06. The van der Waals surface area contributed by atoms with Gasteiger partial charge in [-0.25, -0.2) is 9.98 Å². The van der Waals surface area contributed by atoms with Crippen LogP contribution in [-0.4, -0.2) is 37.2 Å². The smallest absolute Gasteiger partial charge is 0.191 e. The van der Waals surface area contributed by atoms with Gasteiger partial charge in [-0.3, -0.25) is 0 Å². The number of aryl methyl sites for hydroxylation is 1. The molecule has 0 atom stereocenters. The number of nitrogens with zero attached hydrogens (tertiary/aromatic N) is 2. The van der Waals surface area contributed by atoms with Crippen molar-refractivity contribution in [1.82, 2.24) is 15.6 Å². The van der Waals surface area contributed by atoms with Gasteiger partial charge in [-0.2, -0.15) is 0 Å². The Morgan fingerprint density at radius 1 is 1.22 bits per heavy atom. The molecular formula is C19H27IN4O2S. The minimum absolute atomic E-state index is 0. The van der Waals surface area contributed by atoms with Crippen molar-refractivity contribution in [2.75, 3.05) is 26.3 Å². The quantitative estimate of drug-likeness (QED) is 0.360. The van der Waals surface area contributed by atoms with Gasteiger partial charge in [0, 0.05) is 31.3 Å². The summed E-state index contributed by atoms with van der Waals surface area (Å²) in [6.07, 6.45) is 1.80. The minimum atomic E-state index is 0. The highest BCUT2D eigenvalue weighted by molar-refractivity contribution is 14.0. The standard InChI is InChI=1S/C19H26N4O2S.HI/c1-3-20-19(21-8-7-16-13-26-14(2)23-16)22-12-15-5-6-17-18(11-15)25-10-4-9-24-17;/h5-6,11,13H,3-4,7-10,12H2,1-2H3,(H2,20,21,22);1H. The fourth-order valence-corrected chi connectivity index (χ4v) is 3.30. The molecule has 0 aliphatic carbocycles. The average Bonchev–Trinajstić information content (AvgIpc) is 2.91. The fourth-order valence-electron chi connectivity index (χ4n) is 2.65. The van der Waals surface area contributed by atoms with Crippen molar-refractivity contribution in [3.63, 3.8) is 0 Å². The molecule has 1 aromatic carbocycles. The predicted octanol–water partition coefficient (Wildman–Crippen LogP) is 3.53. The summed E-state index contributed by atoms with van der Waals surface area (Å²) in [4.78, 5) is 9.16. The summed E-state index contributed by atoms with van der Waals surface area (Å²) in [5.41, 5.74) is 2.22. The van der Waals surface area contributed by atoms with Crippen molar-refractivity contribution in [3.05, 3.63) is 39.8 Å². The fraction of sp³-hybridized carbons (Fsp3) is 0.474. The van der Waals surface area contributed by atoms with E-state index in [1.54, 1.807) is 11.3 Å². The third-order valence-corrected chi connectivity index (χ3v) is 4.74. The van der Waals surface area contributed by atoms with Gasteiger partial charge >= 0.3 is 0 Å². The number of rotatable bonds is 6.